The molecular formula is C27H35ClN2O4. The molecule has 1 aliphatic carbocycles. The van der Waals surface area contributed by atoms with E-state index in [9.17, 15) is 9.59 Å². The maximum absolute atomic E-state index is 13.4. The zero-order chi connectivity index (χ0) is 24.5. The van der Waals surface area contributed by atoms with Crippen molar-refractivity contribution in [2.75, 3.05) is 14.2 Å². The summed E-state index contributed by atoms with van der Waals surface area (Å²) >= 11 is 6.38. The van der Waals surface area contributed by atoms with Gasteiger partial charge in [0.25, 0.3) is 0 Å². The average molecular weight is 487 g/mol. The third-order valence-electron chi connectivity index (χ3n) is 6.49. The quantitative estimate of drug-likeness (QED) is 0.504. The molecule has 0 heterocycles. The van der Waals surface area contributed by atoms with E-state index in [0.29, 0.717) is 22.9 Å². The van der Waals surface area contributed by atoms with E-state index >= 15 is 0 Å². The maximum Gasteiger partial charge on any atom is 0.242 e. The van der Waals surface area contributed by atoms with E-state index in [0.717, 1.165) is 36.8 Å². The number of hydrogen-bond acceptors (Lipinski definition) is 4. The van der Waals surface area contributed by atoms with E-state index in [1.165, 1.54) is 6.42 Å². The van der Waals surface area contributed by atoms with Gasteiger partial charge in [-0.05, 0) is 55.5 Å². The Bertz CT molecular complexity index is 975. The molecule has 0 aromatic heterocycles. The zero-order valence-electron chi connectivity index (χ0n) is 20.3. The van der Waals surface area contributed by atoms with Crippen LogP contribution in [0.5, 0.6) is 11.5 Å². The minimum absolute atomic E-state index is 0.0963. The number of carbonyl (C=O) groups is 2. The number of ether oxygens (including phenoxy) is 2. The Morgan fingerprint density at radius 1 is 1.06 bits per heavy atom. The van der Waals surface area contributed by atoms with Crippen LogP contribution in [0.15, 0.2) is 42.5 Å². The topological polar surface area (TPSA) is 67.9 Å². The Balaban J connectivity index is 1.73. The number of rotatable bonds is 10. The lowest BCUT2D eigenvalue weighted by Gasteiger charge is -2.31. The van der Waals surface area contributed by atoms with Crippen LogP contribution in [0.25, 0.3) is 0 Å². The van der Waals surface area contributed by atoms with E-state index in [-0.39, 0.29) is 30.8 Å². The van der Waals surface area contributed by atoms with Gasteiger partial charge in [-0.15, -0.1) is 0 Å². The lowest BCUT2D eigenvalue weighted by molar-refractivity contribution is -0.141. The van der Waals surface area contributed by atoms with Gasteiger partial charge in [-0.1, -0.05) is 55.1 Å². The van der Waals surface area contributed by atoms with E-state index in [1.807, 2.05) is 36.4 Å². The molecule has 2 aromatic rings. The van der Waals surface area contributed by atoms with Crippen molar-refractivity contribution in [3.63, 3.8) is 0 Å². The van der Waals surface area contributed by atoms with Crippen LogP contribution in [0.1, 0.15) is 56.6 Å². The SMILES string of the molecule is COc1ccc(CCC(=O)N(Cc2ccccc2Cl)[C@H](C)C(=O)NC2CCCCC2)cc1OC. The molecule has 2 amide bonds. The van der Waals surface area contributed by atoms with Gasteiger partial charge in [0.05, 0.1) is 14.2 Å². The van der Waals surface area contributed by atoms with E-state index in [2.05, 4.69) is 5.32 Å². The number of aryl methyl sites for hydroxylation is 1. The van der Waals surface area contributed by atoms with Crippen LogP contribution >= 0.6 is 11.6 Å². The summed E-state index contributed by atoms with van der Waals surface area (Å²) in [5.41, 5.74) is 1.78. The van der Waals surface area contributed by atoms with Crippen molar-refractivity contribution in [2.24, 2.45) is 0 Å². The number of amides is 2. The minimum Gasteiger partial charge on any atom is -0.493 e. The van der Waals surface area contributed by atoms with Gasteiger partial charge in [0.15, 0.2) is 11.5 Å². The number of methoxy groups -OCH3 is 2. The summed E-state index contributed by atoms with van der Waals surface area (Å²) in [5, 5.41) is 3.74. The van der Waals surface area contributed by atoms with Gasteiger partial charge in [-0.25, -0.2) is 0 Å². The lowest BCUT2D eigenvalue weighted by atomic mass is 9.95. The predicted molar refractivity (Wildman–Crippen MR) is 134 cm³/mol. The smallest absolute Gasteiger partial charge is 0.242 e. The van der Waals surface area contributed by atoms with Crippen LogP contribution < -0.4 is 14.8 Å². The van der Waals surface area contributed by atoms with Crippen molar-refractivity contribution in [3.8, 4) is 11.5 Å². The fourth-order valence-corrected chi connectivity index (χ4v) is 4.59. The highest BCUT2D eigenvalue weighted by Crippen LogP contribution is 2.28. The highest BCUT2D eigenvalue weighted by Gasteiger charge is 2.28. The molecule has 3 rings (SSSR count). The normalized spacial score (nSPS) is 14.8. The second kappa shape index (κ2) is 12.7. The maximum atomic E-state index is 13.4. The molecule has 1 aliphatic rings. The van der Waals surface area contributed by atoms with Gasteiger partial charge in [0, 0.05) is 24.0 Å². The first-order valence-electron chi connectivity index (χ1n) is 12.0. The molecule has 184 valence electrons. The Morgan fingerprint density at radius 2 is 1.76 bits per heavy atom. The lowest BCUT2D eigenvalue weighted by Crippen LogP contribution is -2.50. The second-order valence-corrected chi connectivity index (χ2v) is 9.23. The van der Waals surface area contributed by atoms with Crippen molar-refractivity contribution >= 4 is 23.4 Å². The molecule has 0 spiro atoms. The van der Waals surface area contributed by atoms with Crippen LogP contribution in [-0.2, 0) is 22.6 Å². The van der Waals surface area contributed by atoms with Gasteiger partial charge < -0.3 is 19.7 Å². The Hall–Kier alpha value is -2.73. The molecule has 0 aliphatic heterocycles. The van der Waals surface area contributed by atoms with Gasteiger partial charge >= 0.3 is 0 Å². The molecule has 1 N–H and O–H groups in total. The van der Waals surface area contributed by atoms with Crippen LogP contribution in [-0.4, -0.2) is 43.0 Å². The fourth-order valence-electron chi connectivity index (χ4n) is 4.39. The largest absolute Gasteiger partial charge is 0.493 e. The number of carbonyl (C=O) groups excluding carboxylic acids is 2. The van der Waals surface area contributed by atoms with E-state index in [4.69, 9.17) is 21.1 Å². The summed E-state index contributed by atoms with van der Waals surface area (Å²) < 4.78 is 10.7. The monoisotopic (exact) mass is 486 g/mol. The van der Waals surface area contributed by atoms with Gasteiger partial charge in [-0.3, -0.25) is 9.59 Å². The van der Waals surface area contributed by atoms with Crippen LogP contribution in [0.2, 0.25) is 5.02 Å². The summed E-state index contributed by atoms with van der Waals surface area (Å²) in [6.45, 7) is 2.08. The first-order valence-corrected chi connectivity index (χ1v) is 12.3. The molecule has 1 atom stereocenters. The molecular weight excluding hydrogens is 452 g/mol. The third kappa shape index (κ3) is 6.89. The Labute approximate surface area is 207 Å². The summed E-state index contributed by atoms with van der Waals surface area (Å²) in [6, 6.07) is 12.7. The van der Waals surface area contributed by atoms with Crippen molar-refractivity contribution in [3.05, 3.63) is 58.6 Å². The average Bonchev–Trinajstić information content (AvgIpc) is 2.86. The van der Waals surface area contributed by atoms with E-state index < -0.39 is 6.04 Å². The summed E-state index contributed by atoms with van der Waals surface area (Å²) in [6.07, 6.45) is 6.26. The number of halogens is 1. The Kier molecular flexibility index (Phi) is 9.63. The number of nitrogens with zero attached hydrogens (tertiary/aromatic N) is 1. The molecule has 1 saturated carbocycles. The summed E-state index contributed by atoms with van der Waals surface area (Å²) in [5.74, 6) is 1.06. The van der Waals surface area contributed by atoms with Crippen LogP contribution in [0, 0.1) is 0 Å². The van der Waals surface area contributed by atoms with Crippen molar-refractivity contribution < 1.29 is 19.1 Å². The van der Waals surface area contributed by atoms with Gasteiger partial charge in [0.2, 0.25) is 11.8 Å². The number of nitrogens with one attached hydrogen (secondary N) is 1. The minimum atomic E-state index is -0.601. The van der Waals surface area contributed by atoms with Crippen molar-refractivity contribution in [1.82, 2.24) is 10.2 Å². The molecule has 6 nitrogen and oxygen atoms in total. The second-order valence-electron chi connectivity index (χ2n) is 8.82. The molecule has 34 heavy (non-hydrogen) atoms. The molecule has 2 aromatic carbocycles. The summed E-state index contributed by atoms with van der Waals surface area (Å²) in [7, 11) is 3.18. The summed E-state index contributed by atoms with van der Waals surface area (Å²) in [4.78, 5) is 28.1. The molecule has 1 fully saturated rings. The zero-order valence-corrected chi connectivity index (χ0v) is 21.1. The van der Waals surface area contributed by atoms with Crippen LogP contribution in [0.4, 0.5) is 0 Å². The predicted octanol–water partition coefficient (Wildman–Crippen LogP) is 5.16. The van der Waals surface area contributed by atoms with Crippen LogP contribution in [0.3, 0.4) is 0 Å². The highest BCUT2D eigenvalue weighted by molar-refractivity contribution is 6.31. The molecule has 0 unspecified atom stereocenters. The van der Waals surface area contributed by atoms with Crippen molar-refractivity contribution in [1.29, 1.82) is 0 Å². The van der Waals surface area contributed by atoms with E-state index in [1.54, 1.807) is 32.1 Å². The third-order valence-corrected chi connectivity index (χ3v) is 6.86. The molecule has 7 heteroatoms. The number of hydrogen-bond donors (Lipinski definition) is 1. The number of benzene rings is 2. The Morgan fingerprint density at radius 3 is 2.44 bits per heavy atom. The first-order chi connectivity index (χ1) is 16.4. The highest BCUT2D eigenvalue weighted by atomic mass is 35.5. The molecule has 0 saturated heterocycles. The molecule has 0 bridgehead atoms. The first kappa shape index (κ1) is 25.9. The van der Waals surface area contributed by atoms with Crippen molar-refractivity contribution in [2.45, 2.75) is 70.5 Å². The standard InChI is InChI=1S/C27H35ClN2O4/c1-19(27(32)29-22-10-5-4-6-11-22)30(18-21-9-7-8-12-23(21)28)26(31)16-14-20-13-15-24(33-2)25(17-20)34-3/h7-9,12-13,15,17,19,22H,4-6,10-11,14,16,18H2,1-3H3,(H,29,32)/t19-/m1/s1. The molecule has 0 radical (unpaired) electrons. The fraction of sp³-hybridized carbons (Fsp3) is 0.481. The van der Waals surface area contributed by atoms with Gasteiger partial charge in [-0.2, -0.15) is 0 Å². The van der Waals surface area contributed by atoms with Gasteiger partial charge in [0.1, 0.15) is 6.04 Å².